The van der Waals surface area contributed by atoms with E-state index in [4.69, 9.17) is 27.5 Å². The molecule has 2 atom stereocenters. The van der Waals surface area contributed by atoms with Gasteiger partial charge in [0.05, 0.1) is 33.2 Å². The number of hydrogen-bond acceptors (Lipinski definition) is 14. The fraction of sp³-hybridized carbons (Fsp3) is 0.414. The number of pyridine rings is 2. The zero-order valence-electron chi connectivity index (χ0n) is 42.1. The molecule has 0 fully saturated rings. The fourth-order valence-corrected chi connectivity index (χ4v) is 19.0. The number of hydrogen-bond donors (Lipinski definition) is 0. The van der Waals surface area contributed by atoms with Gasteiger partial charge in [0.1, 0.15) is 33.5 Å². The first-order valence-corrected chi connectivity index (χ1v) is 32.6. The highest BCUT2D eigenvalue weighted by atomic mass is 32.1. The summed E-state index contributed by atoms with van der Waals surface area (Å²) >= 11 is 13.9. The van der Waals surface area contributed by atoms with Crippen LogP contribution in [-0.2, 0) is 11.8 Å². The topological polar surface area (TPSA) is 77.3 Å². The lowest BCUT2D eigenvalue weighted by atomic mass is 9.65. The van der Waals surface area contributed by atoms with Crippen LogP contribution >= 0.6 is 91.5 Å². The van der Waals surface area contributed by atoms with E-state index in [1.54, 1.807) is 0 Å². The number of nitrogens with zero attached hydrogens (tertiary/aromatic N) is 6. The molecule has 372 valence electrons. The first kappa shape index (κ1) is 50.3. The van der Waals surface area contributed by atoms with E-state index in [9.17, 15) is 0 Å². The number of unbranched alkanes of at least 4 members (excludes halogenated alkanes) is 5. The fourth-order valence-electron chi connectivity index (χ4n) is 11.0. The Bertz CT molecular complexity index is 3420. The van der Waals surface area contributed by atoms with Gasteiger partial charge in [-0.3, -0.25) is 9.97 Å². The molecule has 14 heteroatoms. The number of fused-ring (bicyclic) bond motifs is 5. The van der Waals surface area contributed by atoms with Crippen LogP contribution in [0.1, 0.15) is 145 Å². The molecule has 2 unspecified atom stereocenters. The van der Waals surface area contributed by atoms with Gasteiger partial charge < -0.3 is 0 Å². The van der Waals surface area contributed by atoms with Crippen LogP contribution in [0.5, 0.6) is 0 Å². The molecule has 0 aliphatic heterocycles. The Morgan fingerprint density at radius 1 is 0.458 bits per heavy atom. The summed E-state index contributed by atoms with van der Waals surface area (Å²) in [6, 6.07) is 23.2. The molecule has 10 aromatic heterocycles. The third-order valence-corrected chi connectivity index (χ3v) is 23.3. The van der Waals surface area contributed by atoms with Crippen molar-refractivity contribution < 1.29 is 0 Å². The lowest BCUT2D eigenvalue weighted by Gasteiger charge is -2.37. The van der Waals surface area contributed by atoms with E-state index >= 15 is 0 Å². The second kappa shape index (κ2) is 22.2. The van der Waals surface area contributed by atoms with Gasteiger partial charge in [-0.25, -0.2) is 0 Å². The second-order valence-electron chi connectivity index (χ2n) is 19.8. The summed E-state index contributed by atoms with van der Waals surface area (Å²) in [7, 11) is 0. The standard InChI is InChI=1S/C58H62N6S8/c1-7-12-15-16-19-37-21-23-45(66-37)47-27-25-43(68-47)39-33-60-53(55-51(39)62-72-64-55)49-29-41-57(70-49)56-40(58(41,30-35(10-4)17-13-8-2)31-36(11-5)18-14-9-3)28-48(69-56)52-54-50(61-71-63-54)38(32-59-52)42-24-26-46(67-42)44-22-20-34(6)65-44/h20-29,32-33,35-36H,7-19,30-31H2,1-6H3. The largest absolute Gasteiger partial charge is 0.252 e. The van der Waals surface area contributed by atoms with Gasteiger partial charge in [-0.05, 0) is 116 Å². The lowest BCUT2D eigenvalue weighted by Crippen LogP contribution is -2.31. The van der Waals surface area contributed by atoms with Crippen molar-refractivity contribution in [2.24, 2.45) is 11.8 Å². The highest BCUT2D eigenvalue weighted by molar-refractivity contribution is 7.26. The SMILES string of the molecule is CCCCCCc1ccc(-c2ccc(-c3cnc(-c4cc5c(s4)-c4sc(-c6ncc(-c7ccc(-c8ccc(C)s8)s7)c7nsnc67)cc4C5(CC(CC)CCCC)CC(CC)CCCC)c4nsnc34)s2)s1. The summed E-state index contributed by atoms with van der Waals surface area (Å²) in [4.78, 5) is 26.3. The van der Waals surface area contributed by atoms with Crippen molar-refractivity contribution in [1.29, 1.82) is 0 Å². The molecule has 10 heterocycles. The van der Waals surface area contributed by atoms with Gasteiger partial charge in [0.2, 0.25) is 0 Å². The minimum absolute atomic E-state index is 0.131. The van der Waals surface area contributed by atoms with Crippen LogP contribution in [0, 0.1) is 18.8 Å². The molecule has 6 nitrogen and oxygen atoms in total. The molecule has 1 aliphatic carbocycles. The van der Waals surface area contributed by atoms with E-state index in [2.05, 4.69) is 115 Å². The van der Waals surface area contributed by atoms with Crippen molar-refractivity contribution in [3.05, 3.63) is 93.9 Å². The molecule has 0 saturated heterocycles. The van der Waals surface area contributed by atoms with Gasteiger partial charge in [0.25, 0.3) is 0 Å². The van der Waals surface area contributed by atoms with Crippen LogP contribution in [-0.4, -0.2) is 27.5 Å². The Balaban J connectivity index is 0.997. The number of rotatable bonds is 23. The number of thiophene rings is 6. The highest BCUT2D eigenvalue weighted by Crippen LogP contribution is 2.63. The predicted molar refractivity (Wildman–Crippen MR) is 319 cm³/mol. The maximum absolute atomic E-state index is 5.35. The third kappa shape index (κ3) is 9.69. The molecule has 1 aliphatic rings. The monoisotopic (exact) mass is 1100 g/mol. The molecular formula is C58H62N6S8. The average molecular weight is 1100 g/mol. The van der Waals surface area contributed by atoms with Gasteiger partial charge in [0.15, 0.2) is 0 Å². The average Bonchev–Trinajstić information content (AvgIpc) is 4.25. The van der Waals surface area contributed by atoms with Crippen molar-refractivity contribution in [3.8, 4) is 71.3 Å². The van der Waals surface area contributed by atoms with Crippen molar-refractivity contribution in [2.45, 2.75) is 143 Å². The first-order valence-electron chi connectivity index (χ1n) is 26.2. The Morgan fingerprint density at radius 2 is 0.931 bits per heavy atom. The van der Waals surface area contributed by atoms with Crippen molar-refractivity contribution in [3.63, 3.8) is 0 Å². The van der Waals surface area contributed by atoms with Crippen LogP contribution in [0.3, 0.4) is 0 Å². The Morgan fingerprint density at radius 3 is 1.43 bits per heavy atom. The molecule has 0 radical (unpaired) electrons. The van der Waals surface area contributed by atoms with Gasteiger partial charge >= 0.3 is 0 Å². The molecule has 0 aromatic carbocycles. The zero-order chi connectivity index (χ0) is 49.3. The molecule has 0 bridgehead atoms. The second-order valence-corrected chi connectivity index (χ2v) is 27.6. The zero-order valence-corrected chi connectivity index (χ0v) is 48.7. The quantitative estimate of drug-likeness (QED) is 0.0594. The van der Waals surface area contributed by atoms with Gasteiger partial charge in [-0.2, -0.15) is 17.5 Å². The van der Waals surface area contributed by atoms with Gasteiger partial charge in [-0.15, -0.1) is 68.0 Å². The molecular weight excluding hydrogens is 1040 g/mol. The smallest absolute Gasteiger partial charge is 0.132 e. The summed E-state index contributed by atoms with van der Waals surface area (Å²) in [5, 5.41) is 0. The first-order chi connectivity index (χ1) is 35.3. The lowest BCUT2D eigenvalue weighted by molar-refractivity contribution is 0.266. The Kier molecular flexibility index (Phi) is 15.5. The van der Waals surface area contributed by atoms with E-state index in [0.717, 1.165) is 57.4 Å². The summed E-state index contributed by atoms with van der Waals surface area (Å²) in [6.07, 6.45) is 22.6. The van der Waals surface area contributed by atoms with Crippen molar-refractivity contribution in [1.82, 2.24) is 27.5 Å². The Hall–Kier alpha value is -3.86. The molecule has 0 amide bonds. The molecule has 0 saturated carbocycles. The highest BCUT2D eigenvalue weighted by Gasteiger charge is 2.48. The summed E-state index contributed by atoms with van der Waals surface area (Å²) in [5.41, 5.74) is 10.6. The summed E-state index contributed by atoms with van der Waals surface area (Å²) in [5.74, 6) is 1.24. The van der Waals surface area contributed by atoms with Crippen LogP contribution in [0.2, 0.25) is 0 Å². The Labute approximate surface area is 457 Å². The van der Waals surface area contributed by atoms with Crippen molar-refractivity contribution >= 4 is 114 Å². The maximum Gasteiger partial charge on any atom is 0.132 e. The van der Waals surface area contributed by atoms with E-state index in [1.165, 1.54) is 177 Å². The molecule has 72 heavy (non-hydrogen) atoms. The minimum atomic E-state index is -0.131. The van der Waals surface area contributed by atoms with Crippen LogP contribution in [0.4, 0.5) is 0 Å². The van der Waals surface area contributed by atoms with E-state index in [0.29, 0.717) is 11.8 Å². The molecule has 0 spiro atoms. The van der Waals surface area contributed by atoms with Crippen molar-refractivity contribution in [2.75, 3.05) is 0 Å². The molecule has 11 rings (SSSR count). The van der Waals surface area contributed by atoms with E-state index < -0.39 is 0 Å². The molecule has 0 N–H and O–H groups in total. The van der Waals surface area contributed by atoms with Gasteiger partial charge in [-0.1, -0.05) is 105 Å². The van der Waals surface area contributed by atoms with E-state index in [1.807, 2.05) is 68.0 Å². The predicted octanol–water partition coefficient (Wildman–Crippen LogP) is 20.8. The van der Waals surface area contributed by atoms with Gasteiger partial charge in [0, 0.05) is 77.7 Å². The maximum atomic E-state index is 5.35. The molecule has 10 aromatic rings. The number of aryl methyl sites for hydroxylation is 2. The van der Waals surface area contributed by atoms with Crippen LogP contribution in [0.15, 0.2) is 73.1 Å². The normalized spacial score (nSPS) is 15.3. The number of aromatic nitrogens is 6. The summed E-state index contributed by atoms with van der Waals surface area (Å²) in [6.45, 7) is 14.0. The minimum Gasteiger partial charge on any atom is -0.252 e. The third-order valence-electron chi connectivity index (χ3n) is 15.0. The van der Waals surface area contributed by atoms with Crippen LogP contribution in [0.25, 0.3) is 93.4 Å². The summed E-state index contributed by atoms with van der Waals surface area (Å²) < 4.78 is 20.0. The van der Waals surface area contributed by atoms with E-state index in [-0.39, 0.29) is 5.41 Å². The van der Waals surface area contributed by atoms with Crippen LogP contribution < -0.4 is 0 Å².